The Morgan fingerprint density at radius 2 is 1.79 bits per heavy atom. The fourth-order valence-electron chi connectivity index (χ4n) is 3.29. The predicted molar refractivity (Wildman–Crippen MR) is 122 cm³/mol. The van der Waals surface area contributed by atoms with Crippen molar-refractivity contribution in [3.63, 3.8) is 0 Å². The number of fused-ring (bicyclic) bond motifs is 1. The molecule has 0 amide bonds. The molecule has 4 rings (SSSR count). The molecule has 0 bridgehead atoms. The van der Waals surface area contributed by atoms with Crippen molar-refractivity contribution < 1.29 is 32.9 Å². The molecule has 0 unspecified atom stereocenters. The second kappa shape index (κ2) is 8.63. The first kappa shape index (κ1) is 22.4. The Morgan fingerprint density at radius 1 is 1.06 bits per heavy atom. The fraction of sp³-hybridized carbons (Fsp3) is 0.0800. The largest absolute Gasteiger partial charge is 0.508 e. The van der Waals surface area contributed by atoms with E-state index >= 15 is 0 Å². The van der Waals surface area contributed by atoms with Gasteiger partial charge in [0.25, 0.3) is 5.92 Å². The minimum atomic E-state index is -3.37. The van der Waals surface area contributed by atoms with Crippen molar-refractivity contribution in [3.8, 4) is 27.7 Å². The number of rotatable bonds is 6. The third kappa shape index (κ3) is 4.85. The second-order valence-corrected chi connectivity index (χ2v) is 8.42. The lowest BCUT2D eigenvalue weighted by atomic mass is 10.0. The Morgan fingerprint density at radius 3 is 2.45 bits per heavy atom. The van der Waals surface area contributed by atoms with Crippen LogP contribution in [0, 0.1) is 5.82 Å². The highest BCUT2D eigenvalue weighted by molar-refractivity contribution is 7.22. The van der Waals surface area contributed by atoms with Crippen molar-refractivity contribution in [2.45, 2.75) is 12.8 Å². The van der Waals surface area contributed by atoms with Gasteiger partial charge in [0.15, 0.2) is 5.75 Å². The third-order valence-electron chi connectivity index (χ3n) is 4.85. The van der Waals surface area contributed by atoms with Gasteiger partial charge in [-0.2, -0.15) is 0 Å². The summed E-state index contributed by atoms with van der Waals surface area (Å²) in [5.41, 5.74) is 0.281. The molecule has 168 valence electrons. The normalized spacial score (nSPS) is 11.9. The first-order chi connectivity index (χ1) is 15.6. The van der Waals surface area contributed by atoms with E-state index in [0.29, 0.717) is 44.5 Å². The average Bonchev–Trinajstić information content (AvgIpc) is 3.10. The lowest BCUT2D eigenvalue weighted by Gasteiger charge is -2.14. The molecule has 0 aliphatic rings. The van der Waals surface area contributed by atoms with Crippen LogP contribution in [0.4, 0.5) is 13.2 Å². The molecule has 4 aromatic rings. The van der Waals surface area contributed by atoms with Crippen molar-refractivity contribution in [2.75, 3.05) is 0 Å². The van der Waals surface area contributed by atoms with Gasteiger partial charge < -0.3 is 14.9 Å². The van der Waals surface area contributed by atoms with E-state index in [1.807, 2.05) is 0 Å². The molecule has 1 aromatic heterocycles. The van der Waals surface area contributed by atoms with Gasteiger partial charge in [-0.3, -0.25) is 0 Å². The van der Waals surface area contributed by atoms with Crippen molar-refractivity contribution in [1.82, 2.24) is 0 Å². The van der Waals surface area contributed by atoms with Gasteiger partial charge in [-0.15, -0.1) is 11.3 Å². The van der Waals surface area contributed by atoms with Gasteiger partial charge in [0, 0.05) is 23.1 Å². The molecule has 2 N–H and O–H groups in total. The van der Waals surface area contributed by atoms with Crippen LogP contribution in [0.15, 0.2) is 66.7 Å². The number of hydrogen-bond donors (Lipinski definition) is 2. The molecule has 1 heterocycles. The van der Waals surface area contributed by atoms with E-state index in [0.717, 1.165) is 18.2 Å². The maximum atomic E-state index is 14.1. The van der Waals surface area contributed by atoms with Crippen LogP contribution >= 0.6 is 11.3 Å². The number of alkyl halides is 2. The minimum Gasteiger partial charge on any atom is -0.508 e. The molecular weight excluding hydrogens is 453 g/mol. The quantitative estimate of drug-likeness (QED) is 0.288. The lowest BCUT2D eigenvalue weighted by molar-refractivity contribution is -0.131. The highest BCUT2D eigenvalue weighted by Crippen LogP contribution is 2.48. The summed E-state index contributed by atoms with van der Waals surface area (Å²) in [5, 5.41) is 19.3. The summed E-state index contributed by atoms with van der Waals surface area (Å²) in [4.78, 5) is 11.2. The minimum absolute atomic E-state index is 0.0382. The monoisotopic (exact) mass is 470 g/mol. The zero-order valence-electron chi connectivity index (χ0n) is 17.2. The van der Waals surface area contributed by atoms with Crippen LogP contribution in [0.25, 0.3) is 26.6 Å². The number of aromatic hydroxyl groups is 1. The summed E-state index contributed by atoms with van der Waals surface area (Å²) in [6.07, 6.45) is 2.45. The molecule has 0 aliphatic heterocycles. The Hall–Kier alpha value is -3.78. The molecule has 0 aliphatic carbocycles. The molecule has 0 radical (unpaired) electrons. The second-order valence-electron chi connectivity index (χ2n) is 7.37. The smallest absolute Gasteiger partial charge is 0.328 e. The molecule has 3 aromatic carbocycles. The SMILES string of the molecule is CC(F)(F)c1cc(-c2sc3cc(O)ccc3c2Oc2ccc(/C=C/C(=O)O)cc2)ccc1F. The number of thiophene rings is 1. The number of phenols is 1. The Balaban J connectivity index is 1.80. The fourth-order valence-corrected chi connectivity index (χ4v) is 4.45. The molecule has 4 nitrogen and oxygen atoms in total. The molecular formula is C25H17F3O4S. The van der Waals surface area contributed by atoms with Gasteiger partial charge in [-0.05, 0) is 59.7 Å². The molecule has 0 atom stereocenters. The van der Waals surface area contributed by atoms with E-state index in [1.165, 1.54) is 35.6 Å². The van der Waals surface area contributed by atoms with E-state index in [9.17, 15) is 23.1 Å². The number of hydrogen-bond acceptors (Lipinski definition) is 4. The van der Waals surface area contributed by atoms with Crippen LogP contribution in [-0.2, 0) is 10.7 Å². The number of ether oxygens (including phenoxy) is 1. The molecule has 33 heavy (non-hydrogen) atoms. The Bertz CT molecular complexity index is 1370. The highest BCUT2D eigenvalue weighted by Gasteiger charge is 2.29. The van der Waals surface area contributed by atoms with E-state index in [1.54, 1.807) is 30.3 Å². The van der Waals surface area contributed by atoms with Crippen molar-refractivity contribution >= 4 is 33.5 Å². The first-order valence-electron chi connectivity index (χ1n) is 9.74. The van der Waals surface area contributed by atoms with Crippen LogP contribution in [0.2, 0.25) is 0 Å². The Kier molecular flexibility index (Phi) is 5.86. The van der Waals surface area contributed by atoms with E-state index < -0.39 is 23.3 Å². The third-order valence-corrected chi connectivity index (χ3v) is 6.03. The lowest BCUT2D eigenvalue weighted by Crippen LogP contribution is -2.09. The number of carboxylic acid groups (broad SMARTS) is 1. The van der Waals surface area contributed by atoms with Gasteiger partial charge in [-0.1, -0.05) is 18.2 Å². The summed E-state index contributed by atoms with van der Waals surface area (Å²) in [5.74, 6) is -4.59. The Labute approximate surface area is 190 Å². The van der Waals surface area contributed by atoms with Crippen molar-refractivity contribution in [1.29, 1.82) is 0 Å². The first-order valence-corrected chi connectivity index (χ1v) is 10.6. The molecule has 8 heteroatoms. The van der Waals surface area contributed by atoms with Crippen LogP contribution in [0.5, 0.6) is 17.2 Å². The highest BCUT2D eigenvalue weighted by atomic mass is 32.1. The van der Waals surface area contributed by atoms with Crippen LogP contribution in [0.3, 0.4) is 0 Å². The van der Waals surface area contributed by atoms with E-state index in [2.05, 4.69) is 0 Å². The van der Waals surface area contributed by atoms with Crippen LogP contribution < -0.4 is 4.74 Å². The summed E-state index contributed by atoms with van der Waals surface area (Å²) in [6.45, 7) is 0.635. The number of carbonyl (C=O) groups is 1. The van der Waals surface area contributed by atoms with Crippen LogP contribution in [-0.4, -0.2) is 16.2 Å². The number of carboxylic acids is 1. The number of benzene rings is 3. The molecule has 0 fully saturated rings. The number of phenolic OH excluding ortho intramolecular Hbond substituents is 1. The maximum absolute atomic E-state index is 14.1. The van der Waals surface area contributed by atoms with Gasteiger partial charge in [0.2, 0.25) is 0 Å². The van der Waals surface area contributed by atoms with Crippen molar-refractivity contribution in [3.05, 3.63) is 83.7 Å². The van der Waals surface area contributed by atoms with Gasteiger partial charge in [-0.25, -0.2) is 18.0 Å². The number of aliphatic carboxylic acids is 1. The van der Waals surface area contributed by atoms with Gasteiger partial charge in [0.05, 0.1) is 10.4 Å². The van der Waals surface area contributed by atoms with Crippen LogP contribution in [0.1, 0.15) is 18.1 Å². The molecule has 0 saturated heterocycles. The standard InChI is InChI=1S/C25H17F3O4S/c1-25(27,28)19-12-15(5-10-20(19)26)24-23(18-9-6-16(29)13-21(18)33-24)32-17-7-2-14(3-8-17)4-11-22(30)31/h2-13,29H,1H3,(H,30,31)/b11-4+. The zero-order chi connectivity index (χ0) is 23.8. The number of halogens is 3. The molecule has 0 saturated carbocycles. The zero-order valence-corrected chi connectivity index (χ0v) is 18.0. The topological polar surface area (TPSA) is 66.8 Å². The summed E-state index contributed by atoms with van der Waals surface area (Å²) < 4.78 is 48.7. The van der Waals surface area contributed by atoms with E-state index in [-0.39, 0.29) is 5.75 Å². The predicted octanol–water partition coefficient (Wildman–Crippen LogP) is 7.41. The van der Waals surface area contributed by atoms with E-state index in [4.69, 9.17) is 9.84 Å². The average molecular weight is 470 g/mol. The maximum Gasteiger partial charge on any atom is 0.328 e. The summed E-state index contributed by atoms with van der Waals surface area (Å²) in [7, 11) is 0. The summed E-state index contributed by atoms with van der Waals surface area (Å²) >= 11 is 1.22. The molecule has 0 spiro atoms. The summed E-state index contributed by atoms with van der Waals surface area (Å²) in [6, 6.07) is 14.8. The van der Waals surface area contributed by atoms with Crippen molar-refractivity contribution in [2.24, 2.45) is 0 Å². The van der Waals surface area contributed by atoms with Gasteiger partial charge in [0.1, 0.15) is 17.3 Å². The van der Waals surface area contributed by atoms with Gasteiger partial charge >= 0.3 is 5.97 Å².